The fourth-order valence-corrected chi connectivity index (χ4v) is 3.81. The zero-order chi connectivity index (χ0) is 18.5. The standard InChI is InChI=1S/C18H20N4O3S/c19-9-12-3-1-2-11(8-12)6-7-20-10-14(22-25)13-4-5-15(23)16-17(13)26-18(24)21-16/h1-5,8,14,20,23H,6-7,9-10,19H2,(H,21,24). The molecule has 136 valence electrons. The second-order valence-corrected chi connectivity index (χ2v) is 6.98. The van der Waals surface area contributed by atoms with Crippen molar-refractivity contribution in [1.29, 1.82) is 0 Å². The van der Waals surface area contributed by atoms with Crippen molar-refractivity contribution in [3.8, 4) is 5.75 Å². The Morgan fingerprint density at radius 2 is 2.08 bits per heavy atom. The molecule has 1 atom stereocenters. The maximum atomic E-state index is 11.6. The van der Waals surface area contributed by atoms with Gasteiger partial charge in [0.1, 0.15) is 17.3 Å². The molecule has 0 spiro atoms. The number of aromatic amines is 1. The van der Waals surface area contributed by atoms with Crippen molar-refractivity contribution < 1.29 is 5.11 Å². The van der Waals surface area contributed by atoms with E-state index in [1.807, 2.05) is 18.2 Å². The summed E-state index contributed by atoms with van der Waals surface area (Å²) in [7, 11) is 0. The molecule has 7 nitrogen and oxygen atoms in total. The summed E-state index contributed by atoms with van der Waals surface area (Å²) in [6, 6.07) is 10.5. The first kappa shape index (κ1) is 18.2. The molecule has 0 aliphatic heterocycles. The third-order valence-electron chi connectivity index (χ3n) is 4.23. The normalized spacial score (nSPS) is 12.3. The third kappa shape index (κ3) is 3.98. The van der Waals surface area contributed by atoms with E-state index < -0.39 is 6.04 Å². The minimum Gasteiger partial charge on any atom is -0.506 e. The summed E-state index contributed by atoms with van der Waals surface area (Å²) in [5.41, 5.74) is 8.89. The molecule has 1 aromatic heterocycles. The van der Waals surface area contributed by atoms with Crippen LogP contribution in [-0.2, 0) is 13.0 Å². The van der Waals surface area contributed by atoms with Gasteiger partial charge in [0.15, 0.2) is 0 Å². The first-order chi connectivity index (χ1) is 12.6. The summed E-state index contributed by atoms with van der Waals surface area (Å²) in [5.74, 6) is -0.0144. The lowest BCUT2D eigenvalue weighted by Crippen LogP contribution is -2.23. The zero-order valence-electron chi connectivity index (χ0n) is 14.1. The van der Waals surface area contributed by atoms with Gasteiger partial charge < -0.3 is 21.1 Å². The van der Waals surface area contributed by atoms with Crippen molar-refractivity contribution >= 4 is 21.6 Å². The van der Waals surface area contributed by atoms with Crippen molar-refractivity contribution in [2.45, 2.75) is 19.0 Å². The van der Waals surface area contributed by atoms with Crippen LogP contribution in [0.5, 0.6) is 5.75 Å². The number of fused-ring (bicyclic) bond motifs is 1. The number of nitrogens with zero attached hydrogens (tertiary/aromatic N) is 1. The summed E-state index contributed by atoms with van der Waals surface area (Å²) in [6.45, 7) is 1.55. The number of aromatic nitrogens is 1. The predicted molar refractivity (Wildman–Crippen MR) is 104 cm³/mol. The van der Waals surface area contributed by atoms with Crippen molar-refractivity contribution in [2.75, 3.05) is 13.1 Å². The first-order valence-electron chi connectivity index (χ1n) is 8.28. The summed E-state index contributed by atoms with van der Waals surface area (Å²) >= 11 is 0.967. The van der Waals surface area contributed by atoms with Crippen LogP contribution in [0, 0.1) is 4.91 Å². The maximum Gasteiger partial charge on any atom is 0.305 e. The minimum absolute atomic E-state index is 0.0144. The molecule has 1 heterocycles. The summed E-state index contributed by atoms with van der Waals surface area (Å²) in [5, 5.41) is 16.3. The number of benzene rings is 2. The Labute approximate surface area is 153 Å². The van der Waals surface area contributed by atoms with Gasteiger partial charge in [-0.3, -0.25) is 4.79 Å². The van der Waals surface area contributed by atoms with Crippen LogP contribution in [0.1, 0.15) is 22.7 Å². The Kier molecular flexibility index (Phi) is 5.77. The molecule has 0 saturated heterocycles. The number of nitrogens with one attached hydrogen (secondary N) is 2. The zero-order valence-corrected chi connectivity index (χ0v) is 14.9. The van der Waals surface area contributed by atoms with Crippen LogP contribution in [0.25, 0.3) is 10.2 Å². The van der Waals surface area contributed by atoms with Gasteiger partial charge in [-0.2, -0.15) is 4.91 Å². The second kappa shape index (κ2) is 8.22. The predicted octanol–water partition coefficient (Wildman–Crippen LogP) is 2.39. The number of thiazole rings is 1. The van der Waals surface area contributed by atoms with Crippen LogP contribution in [0.15, 0.2) is 46.4 Å². The van der Waals surface area contributed by atoms with Gasteiger partial charge in [-0.25, -0.2) is 0 Å². The molecule has 0 amide bonds. The van der Waals surface area contributed by atoms with Gasteiger partial charge in [0.25, 0.3) is 0 Å². The fraction of sp³-hybridized carbons (Fsp3) is 0.278. The van der Waals surface area contributed by atoms with Gasteiger partial charge in [-0.15, -0.1) is 0 Å². The number of hydrogen-bond donors (Lipinski definition) is 4. The highest BCUT2D eigenvalue weighted by Crippen LogP contribution is 2.32. The van der Waals surface area contributed by atoms with E-state index in [0.717, 1.165) is 23.3 Å². The van der Waals surface area contributed by atoms with E-state index in [4.69, 9.17) is 5.73 Å². The molecule has 2 aromatic carbocycles. The number of rotatable bonds is 8. The van der Waals surface area contributed by atoms with E-state index in [2.05, 4.69) is 21.5 Å². The quantitative estimate of drug-likeness (QED) is 0.357. The van der Waals surface area contributed by atoms with E-state index in [1.54, 1.807) is 6.07 Å². The molecule has 0 aliphatic rings. The van der Waals surface area contributed by atoms with Crippen molar-refractivity contribution in [2.24, 2.45) is 10.9 Å². The van der Waals surface area contributed by atoms with Crippen LogP contribution >= 0.6 is 11.3 Å². The number of nitrogens with two attached hydrogens (primary N) is 1. The molecule has 26 heavy (non-hydrogen) atoms. The lowest BCUT2D eigenvalue weighted by atomic mass is 10.1. The van der Waals surface area contributed by atoms with Gasteiger partial charge in [0, 0.05) is 18.7 Å². The van der Waals surface area contributed by atoms with E-state index >= 15 is 0 Å². The third-order valence-corrected chi connectivity index (χ3v) is 5.16. The van der Waals surface area contributed by atoms with E-state index in [0.29, 0.717) is 35.4 Å². The molecule has 1 unspecified atom stereocenters. The molecule has 0 fully saturated rings. The average molecular weight is 372 g/mol. The first-order valence-corrected chi connectivity index (χ1v) is 9.09. The number of nitroso groups, excluding NO2 is 1. The Bertz CT molecular complexity index is 966. The van der Waals surface area contributed by atoms with Crippen molar-refractivity contribution in [3.63, 3.8) is 0 Å². The van der Waals surface area contributed by atoms with E-state index in [9.17, 15) is 14.8 Å². The van der Waals surface area contributed by atoms with Crippen LogP contribution < -0.4 is 15.9 Å². The topological polar surface area (TPSA) is 121 Å². The van der Waals surface area contributed by atoms with Crippen LogP contribution in [0.3, 0.4) is 0 Å². The van der Waals surface area contributed by atoms with Crippen molar-refractivity contribution in [1.82, 2.24) is 10.3 Å². The summed E-state index contributed by atoms with van der Waals surface area (Å²) in [4.78, 5) is 25.2. The molecule has 3 rings (SSSR count). The average Bonchev–Trinajstić information content (AvgIpc) is 3.05. The summed E-state index contributed by atoms with van der Waals surface area (Å²) < 4.78 is 0.567. The van der Waals surface area contributed by atoms with Crippen LogP contribution in [0.2, 0.25) is 0 Å². The Hall–Kier alpha value is -2.55. The van der Waals surface area contributed by atoms with Gasteiger partial charge in [0.05, 0.1) is 4.70 Å². The SMILES string of the molecule is NCc1cccc(CCNCC(N=O)c2ccc(O)c3[nH]c(=O)sc23)c1. The van der Waals surface area contributed by atoms with Gasteiger partial charge in [-0.1, -0.05) is 46.8 Å². The lowest BCUT2D eigenvalue weighted by molar-refractivity contribution is 0.480. The van der Waals surface area contributed by atoms with Crippen LogP contribution in [0.4, 0.5) is 0 Å². The van der Waals surface area contributed by atoms with Gasteiger partial charge in [-0.05, 0) is 30.2 Å². The minimum atomic E-state index is -0.639. The molecule has 3 aromatic rings. The fourth-order valence-electron chi connectivity index (χ4n) is 2.89. The molecule has 0 radical (unpaired) electrons. The van der Waals surface area contributed by atoms with E-state index in [-0.39, 0.29) is 10.6 Å². The molecule has 0 saturated carbocycles. The number of hydrogen-bond acceptors (Lipinski definition) is 7. The van der Waals surface area contributed by atoms with Crippen molar-refractivity contribution in [3.05, 3.63) is 67.7 Å². The molecule has 0 aliphatic carbocycles. The number of H-pyrrole nitrogens is 1. The van der Waals surface area contributed by atoms with Gasteiger partial charge in [0.2, 0.25) is 0 Å². The number of phenols is 1. The largest absolute Gasteiger partial charge is 0.506 e. The monoisotopic (exact) mass is 372 g/mol. The highest BCUT2D eigenvalue weighted by molar-refractivity contribution is 7.16. The summed E-state index contributed by atoms with van der Waals surface area (Å²) in [6.07, 6.45) is 0.807. The molecule has 8 heteroatoms. The molecule has 0 bridgehead atoms. The molecule has 5 N–H and O–H groups in total. The lowest BCUT2D eigenvalue weighted by Gasteiger charge is -2.12. The smallest absolute Gasteiger partial charge is 0.305 e. The molecular weight excluding hydrogens is 352 g/mol. The van der Waals surface area contributed by atoms with E-state index in [1.165, 1.54) is 11.6 Å². The Morgan fingerprint density at radius 1 is 1.27 bits per heavy atom. The second-order valence-electron chi connectivity index (χ2n) is 5.99. The Balaban J connectivity index is 1.66. The van der Waals surface area contributed by atoms with Crippen LogP contribution in [-0.4, -0.2) is 23.2 Å². The number of aromatic hydroxyl groups is 1. The Morgan fingerprint density at radius 3 is 2.85 bits per heavy atom. The highest BCUT2D eigenvalue weighted by atomic mass is 32.1. The highest BCUT2D eigenvalue weighted by Gasteiger charge is 2.18. The maximum absolute atomic E-state index is 11.6. The number of phenolic OH excluding ortho intramolecular Hbond substituents is 1. The molecular formula is C18H20N4O3S. The van der Waals surface area contributed by atoms with Gasteiger partial charge >= 0.3 is 4.87 Å².